The van der Waals surface area contributed by atoms with Crippen LogP contribution in [0.15, 0.2) is 41.5 Å². The number of nitrogens with one attached hydrogen (secondary N) is 1. The molecule has 82 valence electrons. The molecule has 2 rings (SSSR count). The molecule has 1 aromatic carbocycles. The van der Waals surface area contributed by atoms with Crippen LogP contribution >= 0.6 is 0 Å². The van der Waals surface area contributed by atoms with Gasteiger partial charge in [-0.25, -0.2) is 9.59 Å². The molecule has 1 heterocycles. The number of aromatic carboxylic acids is 1. The molecule has 16 heavy (non-hydrogen) atoms. The summed E-state index contributed by atoms with van der Waals surface area (Å²) >= 11 is 0. The maximum absolute atomic E-state index is 11.2. The highest BCUT2D eigenvalue weighted by Gasteiger charge is 2.02. The van der Waals surface area contributed by atoms with E-state index in [4.69, 9.17) is 5.11 Å². The van der Waals surface area contributed by atoms with E-state index in [1.165, 1.54) is 16.7 Å². The van der Waals surface area contributed by atoms with Gasteiger partial charge < -0.3 is 10.1 Å². The summed E-state index contributed by atoms with van der Waals surface area (Å²) in [5.74, 6) is -0.953. The molecule has 5 nitrogen and oxygen atoms in total. The lowest BCUT2D eigenvalue weighted by Gasteiger charge is -2.01. The van der Waals surface area contributed by atoms with Crippen molar-refractivity contribution in [3.8, 4) is 0 Å². The number of aromatic amines is 1. The molecule has 0 amide bonds. The zero-order valence-corrected chi connectivity index (χ0v) is 8.38. The van der Waals surface area contributed by atoms with E-state index in [0.717, 1.165) is 5.56 Å². The van der Waals surface area contributed by atoms with Gasteiger partial charge in [0.05, 0.1) is 12.1 Å². The van der Waals surface area contributed by atoms with Crippen LogP contribution in [0, 0.1) is 0 Å². The molecule has 2 N–H and O–H groups in total. The highest BCUT2D eigenvalue weighted by atomic mass is 16.4. The van der Waals surface area contributed by atoms with Gasteiger partial charge in [0.25, 0.3) is 0 Å². The van der Waals surface area contributed by atoms with Crippen LogP contribution in [-0.2, 0) is 6.54 Å². The Morgan fingerprint density at radius 2 is 2.00 bits per heavy atom. The topological polar surface area (TPSA) is 75.1 Å². The van der Waals surface area contributed by atoms with E-state index in [0.29, 0.717) is 6.54 Å². The number of benzene rings is 1. The minimum atomic E-state index is -0.953. The Kier molecular flexibility index (Phi) is 2.59. The minimum absolute atomic E-state index is 0.178. The molecule has 0 bridgehead atoms. The van der Waals surface area contributed by atoms with Crippen molar-refractivity contribution >= 4 is 5.97 Å². The monoisotopic (exact) mass is 218 g/mol. The van der Waals surface area contributed by atoms with E-state index in [-0.39, 0.29) is 11.3 Å². The molecule has 0 aliphatic rings. The molecule has 0 aliphatic heterocycles. The molecule has 0 spiro atoms. The fraction of sp³-hybridized carbons (Fsp3) is 0.0909. The second-order valence-corrected chi connectivity index (χ2v) is 3.40. The van der Waals surface area contributed by atoms with Gasteiger partial charge in [-0.2, -0.15) is 0 Å². The summed E-state index contributed by atoms with van der Waals surface area (Å²) < 4.78 is 1.51. The summed E-state index contributed by atoms with van der Waals surface area (Å²) in [4.78, 5) is 24.4. The lowest BCUT2D eigenvalue weighted by molar-refractivity contribution is 0.0697. The fourth-order valence-corrected chi connectivity index (χ4v) is 1.42. The summed E-state index contributed by atoms with van der Waals surface area (Å²) in [6.07, 6.45) is 3.21. The molecule has 0 saturated carbocycles. The number of aromatic nitrogens is 2. The number of hydrogen-bond donors (Lipinski definition) is 2. The van der Waals surface area contributed by atoms with Crippen LogP contribution in [0.5, 0.6) is 0 Å². The van der Waals surface area contributed by atoms with Crippen molar-refractivity contribution in [1.82, 2.24) is 9.55 Å². The minimum Gasteiger partial charge on any atom is -0.478 e. The van der Waals surface area contributed by atoms with Crippen LogP contribution in [-0.4, -0.2) is 20.6 Å². The Morgan fingerprint density at radius 3 is 2.50 bits per heavy atom. The van der Waals surface area contributed by atoms with Crippen molar-refractivity contribution in [1.29, 1.82) is 0 Å². The first kappa shape index (κ1) is 10.2. The largest absolute Gasteiger partial charge is 0.478 e. The van der Waals surface area contributed by atoms with Gasteiger partial charge >= 0.3 is 11.7 Å². The van der Waals surface area contributed by atoms with Crippen LogP contribution in [0.4, 0.5) is 0 Å². The normalized spacial score (nSPS) is 10.2. The third kappa shape index (κ3) is 2.03. The van der Waals surface area contributed by atoms with E-state index in [1.807, 2.05) is 0 Å². The van der Waals surface area contributed by atoms with Gasteiger partial charge in [-0.3, -0.25) is 4.57 Å². The predicted molar refractivity (Wildman–Crippen MR) is 57.6 cm³/mol. The summed E-state index contributed by atoms with van der Waals surface area (Å²) in [7, 11) is 0. The Hall–Kier alpha value is -2.30. The Labute approximate surface area is 91.0 Å². The first-order valence-electron chi connectivity index (χ1n) is 4.73. The fourth-order valence-electron chi connectivity index (χ4n) is 1.42. The Bertz CT molecular complexity index is 551. The van der Waals surface area contributed by atoms with Gasteiger partial charge in [-0.1, -0.05) is 12.1 Å². The summed E-state index contributed by atoms with van der Waals surface area (Å²) in [6, 6.07) is 6.44. The van der Waals surface area contributed by atoms with Gasteiger partial charge in [0, 0.05) is 12.4 Å². The standard InChI is InChI=1S/C11H10N2O3/c14-10(15)9-3-1-8(2-4-9)7-13-6-5-12-11(13)16/h1-6H,7H2,(H,12,16)(H,14,15). The lowest BCUT2D eigenvalue weighted by atomic mass is 10.1. The van der Waals surface area contributed by atoms with Crippen molar-refractivity contribution in [3.63, 3.8) is 0 Å². The van der Waals surface area contributed by atoms with E-state index >= 15 is 0 Å². The van der Waals surface area contributed by atoms with E-state index < -0.39 is 5.97 Å². The third-order valence-corrected chi connectivity index (χ3v) is 2.28. The molecule has 0 unspecified atom stereocenters. The van der Waals surface area contributed by atoms with Gasteiger partial charge in [-0.15, -0.1) is 0 Å². The van der Waals surface area contributed by atoms with Gasteiger partial charge in [0.2, 0.25) is 0 Å². The van der Waals surface area contributed by atoms with E-state index in [2.05, 4.69) is 4.98 Å². The average Bonchev–Trinajstić information content (AvgIpc) is 2.65. The van der Waals surface area contributed by atoms with E-state index in [1.54, 1.807) is 24.5 Å². The van der Waals surface area contributed by atoms with Crippen molar-refractivity contribution in [2.45, 2.75) is 6.54 Å². The Morgan fingerprint density at radius 1 is 1.31 bits per heavy atom. The van der Waals surface area contributed by atoms with Crippen LogP contribution in [0.3, 0.4) is 0 Å². The zero-order chi connectivity index (χ0) is 11.5. The molecular formula is C11H10N2O3. The number of carbonyl (C=O) groups is 1. The van der Waals surface area contributed by atoms with Gasteiger partial charge in [0.15, 0.2) is 0 Å². The number of H-pyrrole nitrogens is 1. The molecule has 0 atom stereocenters. The van der Waals surface area contributed by atoms with Crippen molar-refractivity contribution < 1.29 is 9.90 Å². The zero-order valence-electron chi connectivity index (χ0n) is 8.38. The average molecular weight is 218 g/mol. The maximum atomic E-state index is 11.2. The summed E-state index contributed by atoms with van der Waals surface area (Å²) in [5.41, 5.74) is 0.944. The molecule has 0 fully saturated rings. The van der Waals surface area contributed by atoms with E-state index in [9.17, 15) is 9.59 Å². The van der Waals surface area contributed by atoms with Crippen molar-refractivity contribution in [3.05, 3.63) is 58.3 Å². The summed E-state index contributed by atoms with van der Waals surface area (Å²) in [6.45, 7) is 0.433. The molecule has 5 heteroatoms. The molecule has 0 radical (unpaired) electrons. The van der Waals surface area contributed by atoms with Crippen LogP contribution < -0.4 is 5.69 Å². The molecular weight excluding hydrogens is 208 g/mol. The molecule has 0 saturated heterocycles. The third-order valence-electron chi connectivity index (χ3n) is 2.28. The number of nitrogens with zero attached hydrogens (tertiary/aromatic N) is 1. The number of rotatable bonds is 3. The number of imidazole rings is 1. The smallest absolute Gasteiger partial charge is 0.335 e. The maximum Gasteiger partial charge on any atom is 0.335 e. The quantitative estimate of drug-likeness (QED) is 0.804. The van der Waals surface area contributed by atoms with Crippen molar-refractivity contribution in [2.24, 2.45) is 0 Å². The van der Waals surface area contributed by atoms with Gasteiger partial charge in [-0.05, 0) is 17.7 Å². The van der Waals surface area contributed by atoms with Crippen LogP contribution in [0.2, 0.25) is 0 Å². The van der Waals surface area contributed by atoms with Crippen molar-refractivity contribution in [2.75, 3.05) is 0 Å². The highest BCUT2D eigenvalue weighted by Crippen LogP contribution is 2.05. The molecule has 2 aromatic rings. The SMILES string of the molecule is O=C(O)c1ccc(Cn2cc[nH]c2=O)cc1. The molecule has 0 aliphatic carbocycles. The Balaban J connectivity index is 2.20. The number of hydrogen-bond acceptors (Lipinski definition) is 2. The molecule has 1 aromatic heterocycles. The second kappa shape index (κ2) is 4.06. The first-order valence-corrected chi connectivity index (χ1v) is 4.73. The van der Waals surface area contributed by atoms with Gasteiger partial charge in [0.1, 0.15) is 0 Å². The predicted octanol–water partition coefficient (Wildman–Crippen LogP) is 0.923. The number of carboxylic acids is 1. The first-order chi connectivity index (χ1) is 7.66. The highest BCUT2D eigenvalue weighted by molar-refractivity contribution is 5.87. The number of carboxylic acid groups (broad SMARTS) is 1. The van der Waals surface area contributed by atoms with Crippen LogP contribution in [0.1, 0.15) is 15.9 Å². The summed E-state index contributed by atoms with van der Waals surface area (Å²) in [5, 5.41) is 8.72. The lowest BCUT2D eigenvalue weighted by Crippen LogP contribution is -2.16. The second-order valence-electron chi connectivity index (χ2n) is 3.40. The van der Waals surface area contributed by atoms with Crippen LogP contribution in [0.25, 0.3) is 0 Å².